The average Bonchev–Trinajstić information content (AvgIpc) is 3.47. The van der Waals surface area contributed by atoms with Crippen molar-refractivity contribution in [3.63, 3.8) is 0 Å². The SMILES string of the molecule is CC(C)OC(=O)N[C@H]1CC[C@H](c2ncc(-c3ccc(Br)cc3S(=N)(=O)C3CC3)s2)CC1. The van der Waals surface area contributed by atoms with Gasteiger partial charge in [0.1, 0.15) is 0 Å². The van der Waals surface area contributed by atoms with Crippen molar-refractivity contribution >= 4 is 43.1 Å². The second-order valence-corrected chi connectivity index (χ2v) is 12.9. The molecule has 6 nitrogen and oxygen atoms in total. The van der Waals surface area contributed by atoms with Gasteiger partial charge in [-0.1, -0.05) is 22.0 Å². The first-order valence-electron chi connectivity index (χ1n) is 10.7. The molecule has 2 aromatic rings. The average molecular weight is 527 g/mol. The summed E-state index contributed by atoms with van der Waals surface area (Å²) in [7, 11) is -2.81. The van der Waals surface area contributed by atoms with Gasteiger partial charge in [0.15, 0.2) is 0 Å². The zero-order valence-electron chi connectivity index (χ0n) is 17.7. The molecule has 1 unspecified atom stereocenters. The Labute approximate surface area is 196 Å². The van der Waals surface area contributed by atoms with Crippen molar-refractivity contribution < 1.29 is 13.7 Å². The van der Waals surface area contributed by atoms with Crippen molar-refractivity contribution in [3.05, 3.63) is 33.9 Å². The number of nitrogens with one attached hydrogen (secondary N) is 2. The Hall–Kier alpha value is -1.45. The molecule has 2 fully saturated rings. The van der Waals surface area contributed by atoms with Gasteiger partial charge in [-0.25, -0.2) is 18.8 Å². The second kappa shape index (κ2) is 9.19. The van der Waals surface area contributed by atoms with E-state index in [2.05, 4.69) is 26.2 Å². The van der Waals surface area contributed by atoms with Crippen LogP contribution in [0.3, 0.4) is 0 Å². The lowest BCUT2D eigenvalue weighted by Crippen LogP contribution is -2.38. The maximum Gasteiger partial charge on any atom is 0.407 e. The number of ether oxygens (including phenoxy) is 1. The van der Waals surface area contributed by atoms with Crippen molar-refractivity contribution in [2.75, 3.05) is 0 Å². The lowest BCUT2D eigenvalue weighted by atomic mass is 9.86. The first-order chi connectivity index (χ1) is 14.7. The first-order valence-corrected chi connectivity index (χ1v) is 14.0. The number of benzene rings is 1. The topological polar surface area (TPSA) is 92.1 Å². The van der Waals surface area contributed by atoms with Gasteiger partial charge in [0.2, 0.25) is 0 Å². The van der Waals surface area contributed by atoms with Gasteiger partial charge in [0.05, 0.1) is 30.6 Å². The van der Waals surface area contributed by atoms with Crippen molar-refractivity contribution in [1.29, 1.82) is 4.78 Å². The molecule has 31 heavy (non-hydrogen) atoms. The van der Waals surface area contributed by atoms with Crippen LogP contribution in [-0.2, 0) is 14.5 Å². The zero-order chi connectivity index (χ0) is 22.2. The number of hydrogen-bond donors (Lipinski definition) is 2. The molecule has 2 saturated carbocycles. The third kappa shape index (κ3) is 5.31. The molecule has 1 aromatic heterocycles. The fourth-order valence-corrected chi connectivity index (χ4v) is 7.70. The monoisotopic (exact) mass is 525 g/mol. The van der Waals surface area contributed by atoms with E-state index < -0.39 is 9.73 Å². The van der Waals surface area contributed by atoms with Gasteiger partial charge in [0.25, 0.3) is 0 Å². The summed E-state index contributed by atoms with van der Waals surface area (Å²) in [6.45, 7) is 3.69. The van der Waals surface area contributed by atoms with Crippen LogP contribution in [0.15, 0.2) is 33.8 Å². The van der Waals surface area contributed by atoms with Crippen LogP contribution >= 0.6 is 27.3 Å². The number of rotatable bonds is 6. The maximum atomic E-state index is 13.2. The second-order valence-electron chi connectivity index (χ2n) is 8.65. The summed E-state index contributed by atoms with van der Waals surface area (Å²) in [5.41, 5.74) is 0.866. The molecule has 9 heteroatoms. The summed E-state index contributed by atoms with van der Waals surface area (Å²) < 4.78 is 27.7. The normalized spacial score (nSPS) is 23.4. The van der Waals surface area contributed by atoms with Crippen molar-refractivity contribution in [3.8, 4) is 10.4 Å². The minimum atomic E-state index is -2.81. The Morgan fingerprint density at radius 3 is 2.61 bits per heavy atom. The number of nitrogens with zero attached hydrogens (tertiary/aromatic N) is 1. The molecule has 4 rings (SSSR count). The van der Waals surface area contributed by atoms with Crippen LogP contribution < -0.4 is 5.32 Å². The van der Waals surface area contributed by atoms with E-state index in [-0.39, 0.29) is 23.5 Å². The molecule has 1 amide bonds. The molecular formula is C22H28BrN3O3S2. The smallest absolute Gasteiger partial charge is 0.407 e. The molecule has 1 aromatic carbocycles. The van der Waals surface area contributed by atoms with E-state index in [0.29, 0.717) is 10.8 Å². The summed E-state index contributed by atoms with van der Waals surface area (Å²) in [6, 6.07) is 5.88. The summed E-state index contributed by atoms with van der Waals surface area (Å²) in [5.74, 6) is 0.362. The molecule has 1 atom stereocenters. The predicted molar refractivity (Wildman–Crippen MR) is 127 cm³/mol. The van der Waals surface area contributed by atoms with E-state index in [1.807, 2.05) is 38.2 Å². The zero-order valence-corrected chi connectivity index (χ0v) is 20.9. The largest absolute Gasteiger partial charge is 0.447 e. The Morgan fingerprint density at radius 1 is 1.26 bits per heavy atom. The van der Waals surface area contributed by atoms with Gasteiger partial charge in [0, 0.05) is 33.4 Å². The Balaban J connectivity index is 1.46. The number of amides is 1. The molecule has 0 saturated heterocycles. The molecule has 2 N–H and O–H groups in total. The number of alkyl carbamates (subject to hydrolysis) is 1. The van der Waals surface area contributed by atoms with Gasteiger partial charge < -0.3 is 10.1 Å². The van der Waals surface area contributed by atoms with Crippen LogP contribution in [0.1, 0.15) is 63.3 Å². The number of carbonyl (C=O) groups excluding carboxylic acids is 1. The van der Waals surface area contributed by atoms with E-state index in [9.17, 15) is 9.00 Å². The highest BCUT2D eigenvalue weighted by atomic mass is 79.9. The van der Waals surface area contributed by atoms with Crippen LogP contribution in [0.4, 0.5) is 4.79 Å². The molecule has 1 heterocycles. The standard InChI is InChI=1S/C22H28BrN3O3S2/c1-13(2)29-22(27)26-16-6-3-14(4-7-16)21-25-12-19(30-21)18-10-5-15(23)11-20(18)31(24,28)17-8-9-17/h5,10-14,16-17,24H,3-4,6-9H2,1-2H3,(H,26,27)/t14-,16-,31?. The Bertz CT molecular complexity index is 1060. The number of carbonyl (C=O) groups is 1. The van der Waals surface area contributed by atoms with Crippen LogP contribution in [0.25, 0.3) is 10.4 Å². The lowest BCUT2D eigenvalue weighted by molar-refractivity contribution is 0.109. The van der Waals surface area contributed by atoms with Gasteiger partial charge >= 0.3 is 6.09 Å². The third-order valence-electron chi connectivity index (χ3n) is 5.79. The molecule has 0 spiro atoms. The highest BCUT2D eigenvalue weighted by molar-refractivity contribution is 9.10. The minimum absolute atomic E-state index is 0.0295. The highest BCUT2D eigenvalue weighted by Gasteiger charge is 2.35. The van der Waals surface area contributed by atoms with Gasteiger partial charge in [-0.3, -0.25) is 0 Å². The lowest BCUT2D eigenvalue weighted by Gasteiger charge is -2.28. The summed E-state index contributed by atoms with van der Waals surface area (Å²) in [5, 5.41) is 4.01. The molecule has 0 radical (unpaired) electrons. The first kappa shape index (κ1) is 22.7. The highest BCUT2D eigenvalue weighted by Crippen LogP contribution is 2.43. The van der Waals surface area contributed by atoms with Crippen molar-refractivity contribution in [2.45, 2.75) is 80.6 Å². The van der Waals surface area contributed by atoms with E-state index in [1.54, 1.807) is 11.3 Å². The molecule has 0 aliphatic heterocycles. The predicted octanol–water partition coefficient (Wildman–Crippen LogP) is 6.30. The van der Waals surface area contributed by atoms with E-state index in [1.165, 1.54) is 0 Å². The summed E-state index contributed by atoms with van der Waals surface area (Å²) in [4.78, 5) is 18.1. The molecule has 0 bridgehead atoms. The fourth-order valence-electron chi connectivity index (χ4n) is 4.03. The molecular weight excluding hydrogens is 498 g/mol. The quantitative estimate of drug-likeness (QED) is 0.462. The van der Waals surface area contributed by atoms with Gasteiger partial charge in [-0.05, 0) is 64.5 Å². The number of aromatic nitrogens is 1. The maximum absolute atomic E-state index is 13.2. The summed E-state index contributed by atoms with van der Waals surface area (Å²) >= 11 is 5.11. The van der Waals surface area contributed by atoms with Gasteiger partial charge in [-0.15, -0.1) is 11.3 Å². The van der Waals surface area contributed by atoms with Crippen molar-refractivity contribution in [1.82, 2.24) is 10.3 Å². The Morgan fingerprint density at radius 2 is 1.97 bits per heavy atom. The Kier molecular flexibility index (Phi) is 6.74. The fraction of sp³-hybridized carbons (Fsp3) is 0.545. The van der Waals surface area contributed by atoms with Crippen LogP contribution in [-0.4, -0.2) is 32.7 Å². The minimum Gasteiger partial charge on any atom is -0.447 e. The van der Waals surface area contributed by atoms with Crippen molar-refractivity contribution in [2.24, 2.45) is 0 Å². The third-order valence-corrected chi connectivity index (χ3v) is 9.88. The van der Waals surface area contributed by atoms with Crippen LogP contribution in [0, 0.1) is 4.78 Å². The molecule has 168 valence electrons. The molecule has 2 aliphatic carbocycles. The van der Waals surface area contributed by atoms with Crippen LogP contribution in [0.5, 0.6) is 0 Å². The molecule has 2 aliphatic rings. The number of thiazole rings is 1. The van der Waals surface area contributed by atoms with Gasteiger partial charge in [-0.2, -0.15) is 0 Å². The van der Waals surface area contributed by atoms with Crippen LogP contribution in [0.2, 0.25) is 0 Å². The number of hydrogen-bond acceptors (Lipinski definition) is 6. The van der Waals surface area contributed by atoms with E-state index >= 15 is 0 Å². The summed E-state index contributed by atoms with van der Waals surface area (Å²) in [6.07, 6.45) is 6.86. The number of halogens is 1. The van der Waals surface area contributed by atoms with E-state index in [0.717, 1.165) is 58.4 Å². The van der Waals surface area contributed by atoms with E-state index in [4.69, 9.17) is 9.52 Å².